The molecule has 3 heterocycles. The van der Waals surface area contributed by atoms with Gasteiger partial charge >= 0.3 is 6.18 Å². The molecule has 0 bridgehead atoms. The summed E-state index contributed by atoms with van der Waals surface area (Å²) < 4.78 is 41.6. The molecule has 0 fully saturated rings. The van der Waals surface area contributed by atoms with E-state index >= 15 is 0 Å². The van der Waals surface area contributed by atoms with E-state index in [1.54, 1.807) is 37.7 Å². The van der Waals surface area contributed by atoms with Crippen LogP contribution in [0.25, 0.3) is 20.8 Å². The van der Waals surface area contributed by atoms with Gasteiger partial charge in [-0.1, -0.05) is 41.3 Å². The average molecular weight is 550 g/mol. The monoisotopic (exact) mass is 549 g/mol. The van der Waals surface area contributed by atoms with Crippen molar-refractivity contribution < 1.29 is 22.8 Å². The van der Waals surface area contributed by atoms with E-state index in [0.717, 1.165) is 34.5 Å². The molecule has 0 aliphatic heterocycles. The molecule has 36 heavy (non-hydrogen) atoms. The Kier molecular flexibility index (Phi) is 9.03. The number of carbonyl (C=O) groups is 2. The molecule has 1 aromatic carbocycles. The van der Waals surface area contributed by atoms with Gasteiger partial charge in [-0.15, -0.1) is 11.3 Å². The topological polar surface area (TPSA) is 99.0 Å². The van der Waals surface area contributed by atoms with Crippen molar-refractivity contribution in [1.29, 1.82) is 5.26 Å². The summed E-state index contributed by atoms with van der Waals surface area (Å²) >= 11 is 3.31. The molecule has 13 heteroatoms. The van der Waals surface area contributed by atoms with E-state index in [1.165, 1.54) is 27.6 Å². The van der Waals surface area contributed by atoms with Crippen molar-refractivity contribution in [3.63, 3.8) is 0 Å². The third kappa shape index (κ3) is 7.03. The smallest absolute Gasteiger partial charge is 0.351 e. The highest BCUT2D eigenvalue weighted by molar-refractivity contribution is 8.00. The Bertz CT molecular complexity index is 1360. The molecule has 2 amide bonds. The fourth-order valence-corrected chi connectivity index (χ4v) is 5.09. The average Bonchev–Trinajstić information content (AvgIpc) is 3.51. The zero-order valence-corrected chi connectivity index (χ0v) is 21.3. The van der Waals surface area contributed by atoms with Crippen LogP contribution in [0, 0.1) is 11.3 Å². The molecule has 1 N–H and O–H groups in total. The predicted octanol–water partition coefficient (Wildman–Crippen LogP) is 5.75. The first kappa shape index (κ1) is 27.1. The van der Waals surface area contributed by atoms with Gasteiger partial charge in [0.1, 0.15) is 11.1 Å². The van der Waals surface area contributed by atoms with E-state index in [0.29, 0.717) is 10.0 Å². The highest BCUT2D eigenvalue weighted by Gasteiger charge is 2.36. The summed E-state index contributed by atoms with van der Waals surface area (Å²) in [5.41, 5.74) is -0.814. The molecule has 7 nitrogen and oxygen atoms in total. The number of aromatic nitrogens is 2. The van der Waals surface area contributed by atoms with Gasteiger partial charge in [0.25, 0.3) is 0 Å². The maximum absolute atomic E-state index is 13.6. The van der Waals surface area contributed by atoms with Crippen LogP contribution >= 0.6 is 34.4 Å². The number of thioether (sulfide) groups is 1. The van der Waals surface area contributed by atoms with Crippen LogP contribution in [-0.4, -0.2) is 47.0 Å². The SMILES string of the molecule is CN(C)C=O.N#Cc1c(C(F)(F)F)cc(-c2cccs2)nc1SCC(=O)Nc1nc2ccccc2s1. The van der Waals surface area contributed by atoms with Crippen molar-refractivity contribution in [2.75, 3.05) is 25.2 Å². The second-order valence-electron chi connectivity index (χ2n) is 7.21. The van der Waals surface area contributed by atoms with Crippen LogP contribution in [-0.2, 0) is 15.8 Å². The van der Waals surface area contributed by atoms with E-state index in [-0.39, 0.29) is 16.5 Å². The van der Waals surface area contributed by atoms with Crippen molar-refractivity contribution in [2.45, 2.75) is 11.2 Å². The molecule has 0 saturated heterocycles. The summed E-state index contributed by atoms with van der Waals surface area (Å²) in [6, 6.07) is 13.2. The first-order valence-corrected chi connectivity index (χ1v) is 12.8. The number of para-hydroxylation sites is 1. The zero-order chi connectivity index (χ0) is 26.3. The van der Waals surface area contributed by atoms with Crippen molar-refractivity contribution in [3.05, 3.63) is 59.0 Å². The summed E-state index contributed by atoms with van der Waals surface area (Å²) in [6.07, 6.45) is -3.97. The Hall–Kier alpha value is -3.47. The van der Waals surface area contributed by atoms with Crippen LogP contribution in [0.15, 0.2) is 52.9 Å². The number of nitrogens with zero attached hydrogens (tertiary/aromatic N) is 4. The maximum Gasteiger partial charge on any atom is 0.417 e. The second-order valence-corrected chi connectivity index (χ2v) is 10.2. The number of hydrogen-bond donors (Lipinski definition) is 1. The van der Waals surface area contributed by atoms with Crippen LogP contribution in [0.3, 0.4) is 0 Å². The zero-order valence-electron chi connectivity index (χ0n) is 18.9. The molecule has 0 saturated carbocycles. The highest BCUT2D eigenvalue weighted by Crippen LogP contribution is 2.38. The Morgan fingerprint density at radius 1 is 1.22 bits per heavy atom. The number of nitrogens with one attached hydrogen (secondary N) is 1. The van der Waals surface area contributed by atoms with E-state index in [4.69, 9.17) is 0 Å². The van der Waals surface area contributed by atoms with Crippen molar-refractivity contribution in [1.82, 2.24) is 14.9 Å². The van der Waals surface area contributed by atoms with Gasteiger partial charge in [0.2, 0.25) is 12.3 Å². The quantitative estimate of drug-likeness (QED) is 0.243. The highest BCUT2D eigenvalue weighted by atomic mass is 32.2. The third-order valence-corrected chi connectivity index (χ3v) is 7.09. The second kappa shape index (κ2) is 12.0. The summed E-state index contributed by atoms with van der Waals surface area (Å²) in [7, 11) is 3.38. The summed E-state index contributed by atoms with van der Waals surface area (Å²) in [5.74, 6) is -0.673. The number of hydrogen-bond acceptors (Lipinski definition) is 8. The summed E-state index contributed by atoms with van der Waals surface area (Å²) in [5, 5.41) is 14.0. The van der Waals surface area contributed by atoms with Crippen molar-refractivity contribution >= 4 is 62.1 Å². The first-order chi connectivity index (χ1) is 17.1. The summed E-state index contributed by atoms with van der Waals surface area (Å²) in [4.78, 5) is 32.3. The Labute approximate surface area is 216 Å². The number of anilines is 1. The number of rotatable bonds is 6. The lowest BCUT2D eigenvalue weighted by atomic mass is 10.1. The van der Waals surface area contributed by atoms with Gasteiger partial charge in [-0.25, -0.2) is 9.97 Å². The molecule has 0 aliphatic carbocycles. The minimum absolute atomic E-state index is 0.107. The number of alkyl halides is 3. The van der Waals surface area contributed by atoms with Gasteiger partial charge in [0.05, 0.1) is 37.7 Å². The number of nitriles is 1. The predicted molar refractivity (Wildman–Crippen MR) is 136 cm³/mol. The standard InChI is InChI=1S/C20H11F3N4OS3.C3H7NO/c21-20(22,23)12-8-14(15-6-3-7-29-15)25-18(11(12)9-24)30-10-17(28)27-19-26-13-4-1-2-5-16(13)31-19;1-4(2)3-5/h1-8H,10H2,(H,26,27,28);3H,1-2H3. The molecule has 0 radical (unpaired) electrons. The fraction of sp³-hybridized carbons (Fsp3) is 0.174. The maximum atomic E-state index is 13.6. The van der Waals surface area contributed by atoms with Crippen LogP contribution in [0.1, 0.15) is 11.1 Å². The van der Waals surface area contributed by atoms with Crippen LogP contribution in [0.5, 0.6) is 0 Å². The molecule has 3 aromatic heterocycles. The number of benzene rings is 1. The van der Waals surface area contributed by atoms with Crippen LogP contribution in [0.2, 0.25) is 0 Å². The van der Waals surface area contributed by atoms with Crippen LogP contribution in [0.4, 0.5) is 18.3 Å². The minimum Gasteiger partial charge on any atom is -0.351 e. The van der Waals surface area contributed by atoms with Gasteiger partial charge in [0, 0.05) is 14.1 Å². The lowest BCUT2D eigenvalue weighted by Crippen LogP contribution is -2.15. The molecule has 0 spiro atoms. The van der Waals surface area contributed by atoms with Gasteiger partial charge in [-0.05, 0) is 29.6 Å². The number of thiophene rings is 1. The minimum atomic E-state index is -4.72. The molecular weight excluding hydrogens is 531 g/mol. The van der Waals surface area contributed by atoms with E-state index in [9.17, 15) is 28.0 Å². The first-order valence-electron chi connectivity index (χ1n) is 10.1. The Balaban J connectivity index is 0.000000658. The lowest BCUT2D eigenvalue weighted by molar-refractivity contribution is -0.138. The van der Waals surface area contributed by atoms with Gasteiger partial charge in [-0.3, -0.25) is 9.59 Å². The molecule has 4 aromatic rings. The van der Waals surface area contributed by atoms with E-state index in [1.807, 2.05) is 24.3 Å². The number of pyridine rings is 1. The van der Waals surface area contributed by atoms with E-state index in [2.05, 4.69) is 15.3 Å². The number of halogens is 3. The number of carbonyl (C=O) groups excluding carboxylic acids is 2. The Morgan fingerprint density at radius 2 is 1.94 bits per heavy atom. The van der Waals surface area contributed by atoms with E-state index < -0.39 is 23.2 Å². The normalized spacial score (nSPS) is 10.8. The number of fused-ring (bicyclic) bond motifs is 1. The summed E-state index contributed by atoms with van der Waals surface area (Å²) in [6.45, 7) is 0. The molecule has 0 atom stereocenters. The fourth-order valence-electron chi connectivity index (χ4n) is 2.72. The van der Waals surface area contributed by atoms with Gasteiger partial charge in [0.15, 0.2) is 5.13 Å². The van der Waals surface area contributed by atoms with Gasteiger partial charge in [-0.2, -0.15) is 18.4 Å². The van der Waals surface area contributed by atoms with Crippen molar-refractivity contribution in [3.8, 4) is 16.6 Å². The molecule has 0 aliphatic rings. The molecule has 4 rings (SSSR count). The number of thiazole rings is 1. The Morgan fingerprint density at radius 3 is 2.53 bits per heavy atom. The largest absolute Gasteiger partial charge is 0.417 e. The number of amides is 2. The van der Waals surface area contributed by atoms with Gasteiger partial charge < -0.3 is 10.2 Å². The van der Waals surface area contributed by atoms with Crippen LogP contribution < -0.4 is 5.32 Å². The molecule has 0 unspecified atom stereocenters. The third-order valence-electron chi connectivity index (χ3n) is 4.27. The lowest BCUT2D eigenvalue weighted by Gasteiger charge is -2.13. The molecule has 186 valence electrons. The molecular formula is C23H18F3N5O2S3. The van der Waals surface area contributed by atoms with Crippen molar-refractivity contribution in [2.24, 2.45) is 0 Å².